The van der Waals surface area contributed by atoms with Gasteiger partial charge < -0.3 is 79.9 Å². The van der Waals surface area contributed by atoms with Gasteiger partial charge in [0.2, 0.25) is 11.8 Å². The fourth-order valence-corrected chi connectivity index (χ4v) is 26.2. The molecule has 0 aliphatic carbocycles. The summed E-state index contributed by atoms with van der Waals surface area (Å²) in [5.74, 6) is -1.23. The van der Waals surface area contributed by atoms with Crippen molar-refractivity contribution in [2.45, 2.75) is 225 Å². The summed E-state index contributed by atoms with van der Waals surface area (Å²) in [5, 5.41) is 25.8. The molecule has 8 aliphatic heterocycles. The van der Waals surface area contributed by atoms with Crippen molar-refractivity contribution in [3.8, 4) is 34.5 Å². The standard InChI is InChI=1S/C59H64N3O10S2.C58H62N4O10S2.Y/c1-6-21-70-34-47(63)28-43(58(67)68)35-73-74-59(3,4)20-19-55(64)60-44-24-37(32-71-52-29-39-15-17-45-26-41-11-7-9-13-50(41)61(45)56(65)48(39)22-36(52)2)23-38(25-44)33-72-54-30-40-16-18-46-27-42-12-8-10-14-51(42)62(46)57(66)49(40)31-53(54)69-5;1-6-19-70-33-45(63)26-41(57(67)68)34-73-74-58(3,4)18-17-54(64)60-42-22-36(31-71-51-29-48-47(20-35(51)2)56(66)62-44(30-59-48)25-40-12-8-10-14-50(40)62)21-37(23-42)32-72-53-27-38-15-16-43-24-39-11-7-9-13-49(39)61(43)55(65)46(38)28-52(53)69-5;/h7-14,17,22-25,29-31,43,45-46H,6,15-16,18-21,26-28,32-35H2,1-5H3,(H,60,64)(H,67,68);7-14,20-23,27-30,41,43-44H,6,15-19,24-26,31-34H2,1-5H3,(H,60,64)(H,67,68);/q-1;;/t43?,45-,46-;41?,43-,44+;/m11./s1. The molecule has 27 nitrogen and oxygen atoms in total. The number of anilines is 6. The number of aliphatic carboxylic acids is 2. The number of carboxylic acid groups (broad SMARTS) is 2. The summed E-state index contributed by atoms with van der Waals surface area (Å²) < 4.78 is 47.6. The molecule has 1 radical (unpaired) electrons. The zero-order valence-corrected chi connectivity index (χ0v) is 91.8. The average molecular weight is 2170 g/mol. The smallest absolute Gasteiger partial charge is 0.307 e. The molecule has 0 bridgehead atoms. The monoisotopic (exact) mass is 2170 g/mol. The van der Waals surface area contributed by atoms with Crippen LogP contribution in [0, 0.1) is 32.1 Å². The van der Waals surface area contributed by atoms with Crippen molar-refractivity contribution in [2.75, 3.05) is 82.4 Å². The van der Waals surface area contributed by atoms with E-state index in [0.717, 1.165) is 123 Å². The number of hydrogen-bond acceptors (Lipinski definition) is 23. The molecule has 0 saturated carbocycles. The number of aryl methyl sites for hydroxylation is 4. The predicted molar refractivity (Wildman–Crippen MR) is 582 cm³/mol. The van der Waals surface area contributed by atoms with E-state index in [1.807, 2.05) is 233 Å². The van der Waals surface area contributed by atoms with Gasteiger partial charge >= 0.3 is 11.9 Å². The number of nitrogens with zero attached hydrogens (tertiary/aromatic N) is 5. The maximum absolute atomic E-state index is 14.2. The number of amides is 6. The molecule has 0 aromatic heterocycles. The van der Waals surface area contributed by atoms with Crippen LogP contribution in [-0.4, -0.2) is 161 Å². The Hall–Kier alpha value is -11.8. The van der Waals surface area contributed by atoms with Crippen LogP contribution in [0.4, 0.5) is 39.8 Å². The van der Waals surface area contributed by atoms with Crippen LogP contribution in [0.3, 0.4) is 0 Å². The van der Waals surface area contributed by atoms with Crippen molar-refractivity contribution in [3.63, 3.8) is 0 Å². The first-order valence-electron chi connectivity index (χ1n) is 50.7. The molecule has 10 aromatic carbocycles. The Morgan fingerprint density at radius 1 is 0.450 bits per heavy atom. The molecule has 0 fully saturated rings. The first-order valence-corrected chi connectivity index (χ1v) is 55.4. The summed E-state index contributed by atoms with van der Waals surface area (Å²) in [6, 6.07) is 58.6. The number of ketones is 2. The normalized spacial score (nSPS) is 16.7. The molecule has 0 spiro atoms. The van der Waals surface area contributed by atoms with Gasteiger partial charge in [-0.3, -0.25) is 57.8 Å². The fraction of sp³-hybridized carbons (Fsp3) is 0.385. The fourth-order valence-electron chi connectivity index (χ4n) is 20.4. The van der Waals surface area contributed by atoms with E-state index in [0.29, 0.717) is 126 Å². The molecular weight excluding hydrogens is 2040 g/mol. The topological polar surface area (TPSA) is 334 Å². The van der Waals surface area contributed by atoms with E-state index in [1.54, 1.807) is 26.4 Å². The number of methoxy groups -OCH3 is 2. The first kappa shape index (κ1) is 110. The first-order chi connectivity index (χ1) is 71.4. The number of carbonyl (C=O) groups is 10. The summed E-state index contributed by atoms with van der Waals surface area (Å²) in [5.41, 5.74) is 19.8. The summed E-state index contributed by atoms with van der Waals surface area (Å²) >= 11 is 0. The van der Waals surface area contributed by atoms with Crippen molar-refractivity contribution < 1.29 is 129 Å². The number of Topliss-reactive ketones (excluding diaryl/α,β-unsaturated/α-hetero) is 2. The number of carboxylic acids is 2. The maximum Gasteiger partial charge on any atom is 0.307 e. The number of para-hydroxylation sites is 4. The van der Waals surface area contributed by atoms with Gasteiger partial charge in [-0.2, -0.15) is 6.42 Å². The van der Waals surface area contributed by atoms with E-state index in [9.17, 15) is 58.2 Å². The Bertz CT molecular complexity index is 6770. The van der Waals surface area contributed by atoms with Gasteiger partial charge in [0.15, 0.2) is 34.6 Å². The molecular formula is C117H126N7O20S4Y-. The van der Waals surface area contributed by atoms with Crippen LogP contribution in [0.2, 0.25) is 0 Å². The van der Waals surface area contributed by atoms with E-state index in [2.05, 4.69) is 35.3 Å². The molecule has 8 aliphatic rings. The number of ether oxygens (including phenoxy) is 8. The van der Waals surface area contributed by atoms with Crippen molar-refractivity contribution in [1.82, 2.24) is 0 Å². The molecule has 149 heavy (non-hydrogen) atoms. The van der Waals surface area contributed by atoms with Crippen LogP contribution in [0.1, 0.15) is 220 Å². The second-order valence-electron chi connectivity index (χ2n) is 40.2. The predicted octanol–water partition coefficient (Wildman–Crippen LogP) is 21.9. The molecule has 777 valence electrons. The van der Waals surface area contributed by atoms with Crippen molar-refractivity contribution in [3.05, 3.63) is 283 Å². The van der Waals surface area contributed by atoms with Crippen LogP contribution in [0.15, 0.2) is 187 Å². The SMILES string of the molecule is CCCOCC(=O)CC(CSSC(C)(C)CCC(=O)Nc1cc(COc2cc3c(cc2C)C(=O)N2c4ccccc4C[C@H]2C=N3)cc(COc2cc3c(cc2OC)C(=O)N2c4ccccc4C[C@H]2CC3)c1)C(=O)O.CCCOCC(=O)CC(CSSC(C)(C)CCC(=O)Nc1cc(COc2cc3c(cc2C)C(=O)N2c4ccccc4C[C@H]2[CH-]C3)cc(COc2cc3c(cc2OC)C(=O)N2c4ccccc4C[C@H]2CC3)c1)C(=O)O.[Y]. The number of carbonyl (C=O) groups excluding carboxylic acids is 8. The zero-order valence-electron chi connectivity index (χ0n) is 85.7. The largest absolute Gasteiger partial charge is 0.493 e. The van der Waals surface area contributed by atoms with Gasteiger partial charge in [0.1, 0.15) is 51.1 Å². The van der Waals surface area contributed by atoms with Gasteiger partial charge in [-0.1, -0.05) is 141 Å². The summed E-state index contributed by atoms with van der Waals surface area (Å²) in [6.07, 6.45) is 13.6. The van der Waals surface area contributed by atoms with E-state index in [4.69, 9.17) is 42.9 Å². The van der Waals surface area contributed by atoms with Gasteiger partial charge in [0, 0.05) is 174 Å². The summed E-state index contributed by atoms with van der Waals surface area (Å²) in [6.45, 7) is 17.0. The van der Waals surface area contributed by atoms with Crippen LogP contribution in [-0.2, 0) is 142 Å². The van der Waals surface area contributed by atoms with E-state index in [1.165, 1.54) is 59.9 Å². The van der Waals surface area contributed by atoms with Gasteiger partial charge in [-0.05, 0) is 282 Å². The average Bonchev–Trinajstić information content (AvgIpc) is 1.62. The van der Waals surface area contributed by atoms with E-state index in [-0.39, 0.29) is 185 Å². The maximum atomic E-state index is 14.2. The quantitative estimate of drug-likeness (QED) is 0.0157. The summed E-state index contributed by atoms with van der Waals surface area (Å²) in [4.78, 5) is 145. The van der Waals surface area contributed by atoms with Gasteiger partial charge in [-0.15, -0.1) is 0 Å². The van der Waals surface area contributed by atoms with E-state index < -0.39 is 28.5 Å². The molecule has 8 heterocycles. The van der Waals surface area contributed by atoms with Crippen molar-refractivity contribution in [2.24, 2.45) is 16.8 Å². The zero-order chi connectivity index (χ0) is 104. The Balaban J connectivity index is 0.000000211. The second-order valence-corrected chi connectivity index (χ2v) is 46.3. The van der Waals surface area contributed by atoms with Crippen LogP contribution >= 0.6 is 43.2 Å². The molecule has 32 heteroatoms. The second kappa shape index (κ2) is 49.5. The Morgan fingerprint density at radius 3 is 1.28 bits per heavy atom. The summed E-state index contributed by atoms with van der Waals surface area (Å²) in [7, 11) is 8.91. The number of aliphatic imine (C=N–C) groups is 1. The van der Waals surface area contributed by atoms with Gasteiger partial charge in [-0.25, -0.2) is 0 Å². The number of fused-ring (bicyclic) bond motifs is 16. The Morgan fingerprint density at radius 2 is 0.832 bits per heavy atom. The third-order valence-electron chi connectivity index (χ3n) is 28.1. The molecule has 18 rings (SSSR count). The van der Waals surface area contributed by atoms with Crippen LogP contribution in [0.5, 0.6) is 34.5 Å². The molecule has 0 saturated heterocycles. The van der Waals surface area contributed by atoms with Gasteiger partial charge in [0.05, 0.1) is 43.3 Å². The van der Waals surface area contributed by atoms with Crippen LogP contribution in [0.25, 0.3) is 0 Å². The molecule has 6 atom stereocenters. The minimum absolute atomic E-state index is 0. The number of nitrogens with one attached hydrogen (secondary N) is 2. The van der Waals surface area contributed by atoms with Crippen molar-refractivity contribution in [1.29, 1.82) is 0 Å². The van der Waals surface area contributed by atoms with Crippen LogP contribution < -0.4 is 58.7 Å². The van der Waals surface area contributed by atoms with E-state index >= 15 is 0 Å². The molecule has 10 aromatic rings. The number of benzene rings is 10. The molecule has 4 N–H and O–H groups in total. The molecule has 2 unspecified atom stereocenters. The third kappa shape index (κ3) is 26.5. The minimum atomic E-state index is -1.02. The molecule has 6 amide bonds. The van der Waals surface area contributed by atoms with Gasteiger partial charge in [0.25, 0.3) is 23.6 Å². The minimum Gasteiger partial charge on any atom is -0.493 e. The number of hydrogen-bond donors (Lipinski definition) is 4. The number of rotatable bonds is 44. The van der Waals surface area contributed by atoms with Crippen molar-refractivity contribution >= 4 is 148 Å². The third-order valence-corrected chi connectivity index (χ3v) is 34.9. The Kier molecular flexibility index (Phi) is 36.5. The Labute approximate surface area is 911 Å².